The molecule has 46 heavy (non-hydrogen) atoms. The van der Waals surface area contributed by atoms with Gasteiger partial charge < -0.3 is 15.0 Å². The first-order chi connectivity index (χ1) is 23.3. The molecule has 0 saturated heterocycles. The van der Waals surface area contributed by atoms with Crippen molar-refractivity contribution in [2.75, 3.05) is 0 Å². The number of hydrogen-bond donors (Lipinski definition) is 0. The molecule has 7 aromatic rings. The van der Waals surface area contributed by atoms with E-state index in [-0.39, 0.29) is 25.8 Å². The smallest absolute Gasteiger partial charge is 0.304 e. The minimum absolute atomic E-state index is 0. The summed E-state index contributed by atoms with van der Waals surface area (Å²) in [6, 6.07) is 56.3. The summed E-state index contributed by atoms with van der Waals surface area (Å²) < 4.78 is 21.9. The van der Waals surface area contributed by atoms with E-state index in [1.54, 1.807) is 18.2 Å². The summed E-state index contributed by atoms with van der Waals surface area (Å²) in [7, 11) is 0. The van der Waals surface area contributed by atoms with Gasteiger partial charge in [-0.1, -0.05) is 77.9 Å². The fraction of sp³-hybridized carbons (Fsp3) is 0.0714. The molecule has 0 unspecified atom stereocenters. The minimum Gasteiger partial charge on any atom is -0.304 e. The van der Waals surface area contributed by atoms with Crippen LogP contribution in [0.5, 0.6) is 0 Å². The predicted octanol–water partition coefficient (Wildman–Crippen LogP) is 10.2. The Kier molecular flexibility index (Phi) is 11.3. The number of nitrogens with zero attached hydrogens (tertiary/aromatic N) is 3. The van der Waals surface area contributed by atoms with Gasteiger partial charge in [0.05, 0.1) is 0 Å². The SMILES string of the molecule is Cc1ccc(-c2[c-]cc(-c3ccccc3)cc2)nc1.Cc1cccc(-c2[c-]cccc2)n1.[2H]C([2H])([2H])c1cccc(-c2[c-]cccc2)n1.[Ir+3]. The maximum atomic E-state index is 7.29. The minimum atomic E-state index is -2.16. The Balaban J connectivity index is 0.000000167. The van der Waals surface area contributed by atoms with Crippen LogP contribution >= 0.6 is 0 Å². The van der Waals surface area contributed by atoms with E-state index < -0.39 is 6.85 Å². The Morgan fingerprint density at radius 1 is 0.500 bits per heavy atom. The molecule has 226 valence electrons. The van der Waals surface area contributed by atoms with Crippen molar-refractivity contribution < 1.29 is 24.2 Å². The zero-order chi connectivity index (χ0) is 33.8. The van der Waals surface area contributed by atoms with E-state index in [1.165, 1.54) is 22.8 Å². The van der Waals surface area contributed by atoms with Crippen LogP contribution in [-0.2, 0) is 20.1 Å². The molecule has 0 aliphatic carbocycles. The number of hydrogen-bond acceptors (Lipinski definition) is 3. The number of aromatic nitrogens is 3. The van der Waals surface area contributed by atoms with Crippen LogP contribution in [0.1, 0.15) is 21.1 Å². The van der Waals surface area contributed by atoms with Crippen LogP contribution < -0.4 is 0 Å². The fourth-order valence-corrected chi connectivity index (χ4v) is 4.40. The summed E-state index contributed by atoms with van der Waals surface area (Å²) in [6.45, 7) is 1.87. The van der Waals surface area contributed by atoms with Crippen LogP contribution in [-0.4, -0.2) is 15.0 Å². The molecule has 0 atom stereocenters. The van der Waals surface area contributed by atoms with Crippen molar-refractivity contribution in [3.8, 4) is 44.9 Å². The van der Waals surface area contributed by atoms with Crippen molar-refractivity contribution in [2.24, 2.45) is 0 Å². The molecule has 3 nitrogen and oxygen atoms in total. The average molecular weight is 776 g/mol. The number of rotatable bonds is 4. The molecule has 0 aliphatic heterocycles. The summed E-state index contributed by atoms with van der Waals surface area (Å²) >= 11 is 0. The summed E-state index contributed by atoms with van der Waals surface area (Å²) in [5.41, 5.74) is 10.2. The van der Waals surface area contributed by atoms with Crippen LogP contribution in [0.3, 0.4) is 0 Å². The van der Waals surface area contributed by atoms with Gasteiger partial charge in [-0.2, -0.15) is 0 Å². The molecule has 4 aromatic carbocycles. The molecule has 0 bridgehead atoms. The Bertz CT molecular complexity index is 2000. The first-order valence-corrected chi connectivity index (χ1v) is 14.6. The maximum Gasteiger partial charge on any atom is 3.00 e. The van der Waals surface area contributed by atoms with Crippen LogP contribution in [0.25, 0.3) is 44.9 Å². The Hall–Kier alpha value is -5.02. The maximum absolute atomic E-state index is 7.29. The number of aryl methyl sites for hydroxylation is 3. The van der Waals surface area contributed by atoms with Crippen LogP contribution in [0.2, 0.25) is 0 Å². The molecule has 0 fully saturated rings. The topological polar surface area (TPSA) is 38.7 Å². The third kappa shape index (κ3) is 10.0. The van der Waals surface area contributed by atoms with Gasteiger partial charge in [0.1, 0.15) is 0 Å². The van der Waals surface area contributed by atoms with Gasteiger partial charge >= 0.3 is 20.1 Å². The molecular weight excluding hydrogens is 739 g/mol. The normalized spacial score (nSPS) is 11.1. The molecular formula is C42H34IrN3. The largest absolute Gasteiger partial charge is 3.00 e. The van der Waals surface area contributed by atoms with Gasteiger partial charge in [0.2, 0.25) is 0 Å². The Labute approximate surface area is 290 Å². The number of benzene rings is 4. The summed E-state index contributed by atoms with van der Waals surface area (Å²) in [5, 5.41) is 0. The molecule has 0 amide bonds. The van der Waals surface area contributed by atoms with Crippen molar-refractivity contribution in [1.29, 1.82) is 0 Å². The molecule has 3 aromatic heterocycles. The van der Waals surface area contributed by atoms with E-state index in [4.69, 9.17) is 4.11 Å². The van der Waals surface area contributed by atoms with Crippen LogP contribution in [0.4, 0.5) is 0 Å². The molecule has 3 heterocycles. The fourth-order valence-electron chi connectivity index (χ4n) is 4.40. The van der Waals surface area contributed by atoms with Crippen LogP contribution in [0.15, 0.2) is 152 Å². The Morgan fingerprint density at radius 2 is 1.11 bits per heavy atom. The zero-order valence-electron chi connectivity index (χ0n) is 28.6. The third-order valence-corrected chi connectivity index (χ3v) is 6.71. The first kappa shape index (κ1) is 29.7. The van der Waals surface area contributed by atoms with E-state index in [2.05, 4.69) is 63.5 Å². The molecule has 0 spiro atoms. The Morgan fingerprint density at radius 3 is 1.63 bits per heavy atom. The second-order valence-electron chi connectivity index (χ2n) is 10.2. The first-order valence-electron chi connectivity index (χ1n) is 16.1. The second kappa shape index (κ2) is 17.5. The van der Waals surface area contributed by atoms with E-state index >= 15 is 0 Å². The second-order valence-corrected chi connectivity index (χ2v) is 10.2. The summed E-state index contributed by atoms with van der Waals surface area (Å²) in [4.78, 5) is 13.0. The molecule has 0 aliphatic rings. The molecule has 0 saturated carbocycles. The van der Waals surface area contributed by atoms with Crippen molar-refractivity contribution >= 4 is 0 Å². The van der Waals surface area contributed by atoms with Gasteiger partial charge in [-0.15, -0.1) is 102 Å². The van der Waals surface area contributed by atoms with Crippen molar-refractivity contribution in [3.63, 3.8) is 0 Å². The standard InChI is InChI=1S/C18H14N.2C12H10N.Ir/c1-14-7-12-18(19-13-14)17-10-8-16(9-11-17)15-5-3-2-4-6-15;2*1-10-6-5-9-12(13-10)11-7-3-2-4-8-11;/h2-10,12-13H,1H3;2*2-7,9H,1H3;/q3*-1;+3/i;1D3;;. The predicted molar refractivity (Wildman–Crippen MR) is 185 cm³/mol. The third-order valence-electron chi connectivity index (χ3n) is 6.71. The summed E-state index contributed by atoms with van der Waals surface area (Å²) in [6.07, 6.45) is 1.88. The monoisotopic (exact) mass is 776 g/mol. The van der Waals surface area contributed by atoms with Crippen molar-refractivity contribution in [2.45, 2.75) is 20.7 Å². The van der Waals surface area contributed by atoms with E-state index in [1.807, 2.05) is 111 Å². The molecule has 0 N–H and O–H groups in total. The van der Waals surface area contributed by atoms with Gasteiger partial charge in [0, 0.05) is 21.7 Å². The van der Waals surface area contributed by atoms with Gasteiger partial charge in [0.15, 0.2) is 0 Å². The van der Waals surface area contributed by atoms with Gasteiger partial charge in [0.25, 0.3) is 0 Å². The molecule has 7 rings (SSSR count). The average Bonchev–Trinajstić information content (AvgIpc) is 3.13. The van der Waals surface area contributed by atoms with Gasteiger partial charge in [-0.3, -0.25) is 0 Å². The van der Waals surface area contributed by atoms with E-state index in [0.29, 0.717) is 5.69 Å². The van der Waals surface area contributed by atoms with Gasteiger partial charge in [-0.25, -0.2) is 0 Å². The zero-order valence-corrected chi connectivity index (χ0v) is 28.0. The van der Waals surface area contributed by atoms with Crippen LogP contribution in [0, 0.1) is 38.9 Å². The quantitative estimate of drug-likeness (QED) is 0.167. The molecule has 4 heteroatoms. The molecule has 0 radical (unpaired) electrons. The van der Waals surface area contributed by atoms with E-state index in [0.717, 1.165) is 33.8 Å². The number of pyridine rings is 3. The summed E-state index contributed by atoms with van der Waals surface area (Å²) in [5.74, 6) is 0. The van der Waals surface area contributed by atoms with Crippen molar-refractivity contribution in [3.05, 3.63) is 187 Å². The van der Waals surface area contributed by atoms with E-state index in [9.17, 15) is 0 Å². The van der Waals surface area contributed by atoms with Crippen molar-refractivity contribution in [1.82, 2.24) is 15.0 Å². The van der Waals surface area contributed by atoms with Gasteiger partial charge in [-0.05, 0) is 55.5 Å².